The van der Waals surface area contributed by atoms with Crippen molar-refractivity contribution in [2.24, 2.45) is 5.92 Å². The number of hydrogen-bond donors (Lipinski definition) is 0. The SMILES string of the molecule is Cc1cc2c(c(C(C3CCCCC3)n3cnc4ccccc43)c1)OC(C)(C)C=C2. The molecule has 2 aromatic carbocycles. The number of para-hydroxylation sites is 2. The topological polar surface area (TPSA) is 27.1 Å². The monoisotopic (exact) mass is 386 g/mol. The third kappa shape index (κ3) is 3.37. The zero-order valence-electron chi connectivity index (χ0n) is 17.7. The van der Waals surface area contributed by atoms with Gasteiger partial charge in [0.25, 0.3) is 0 Å². The lowest BCUT2D eigenvalue weighted by Gasteiger charge is -2.36. The van der Waals surface area contributed by atoms with Crippen LogP contribution in [0.4, 0.5) is 0 Å². The van der Waals surface area contributed by atoms with E-state index in [2.05, 4.69) is 73.9 Å². The van der Waals surface area contributed by atoms with Crippen LogP contribution in [0.2, 0.25) is 0 Å². The minimum Gasteiger partial charge on any atom is -0.483 e. The Morgan fingerprint density at radius 1 is 1.10 bits per heavy atom. The van der Waals surface area contributed by atoms with Gasteiger partial charge in [0.15, 0.2) is 0 Å². The van der Waals surface area contributed by atoms with E-state index in [9.17, 15) is 0 Å². The summed E-state index contributed by atoms with van der Waals surface area (Å²) in [6.07, 6.45) is 13.0. The molecule has 1 unspecified atom stereocenters. The number of fused-ring (bicyclic) bond motifs is 2. The van der Waals surface area contributed by atoms with Crippen LogP contribution in [0.1, 0.15) is 68.7 Å². The maximum atomic E-state index is 6.57. The van der Waals surface area contributed by atoms with Gasteiger partial charge >= 0.3 is 0 Å². The van der Waals surface area contributed by atoms with Crippen LogP contribution in [0.5, 0.6) is 5.75 Å². The molecule has 1 atom stereocenters. The van der Waals surface area contributed by atoms with Crippen LogP contribution < -0.4 is 4.74 Å². The lowest BCUT2D eigenvalue weighted by Crippen LogP contribution is -2.30. The van der Waals surface area contributed by atoms with Gasteiger partial charge in [-0.05, 0) is 69.4 Å². The van der Waals surface area contributed by atoms with E-state index in [1.165, 1.54) is 54.3 Å². The number of ether oxygens (including phenoxy) is 1. The Bertz CT molecular complexity index is 1070. The molecule has 5 rings (SSSR count). The highest BCUT2D eigenvalue weighted by Crippen LogP contribution is 2.45. The minimum absolute atomic E-state index is 0.249. The highest BCUT2D eigenvalue weighted by molar-refractivity contribution is 5.75. The largest absolute Gasteiger partial charge is 0.483 e. The molecule has 1 aliphatic heterocycles. The van der Waals surface area contributed by atoms with E-state index in [-0.39, 0.29) is 11.6 Å². The molecule has 0 radical (unpaired) electrons. The van der Waals surface area contributed by atoms with Crippen LogP contribution in [0.15, 0.2) is 48.8 Å². The molecule has 1 saturated carbocycles. The van der Waals surface area contributed by atoms with Gasteiger partial charge in [0, 0.05) is 11.1 Å². The van der Waals surface area contributed by atoms with Crippen molar-refractivity contribution in [2.45, 2.75) is 64.5 Å². The molecule has 2 heterocycles. The van der Waals surface area contributed by atoms with Crippen molar-refractivity contribution in [2.75, 3.05) is 0 Å². The molecule has 150 valence electrons. The summed E-state index contributed by atoms with van der Waals surface area (Å²) in [6.45, 7) is 6.47. The van der Waals surface area contributed by atoms with E-state index in [1.54, 1.807) is 0 Å². The fourth-order valence-electron chi connectivity index (χ4n) is 5.16. The number of aromatic nitrogens is 2. The Kier molecular flexibility index (Phi) is 4.49. The average Bonchev–Trinajstić information content (AvgIpc) is 3.13. The standard InChI is InChI=1S/C26H30N2O/c1-18-15-20-13-14-26(2,3)29-25(20)21(16-18)24(19-9-5-4-6-10-19)28-17-27-22-11-7-8-12-23(22)28/h7-8,11-17,19,24H,4-6,9-10H2,1-3H3. The minimum atomic E-state index is -0.287. The fraction of sp³-hybridized carbons (Fsp3) is 0.423. The molecule has 0 amide bonds. The van der Waals surface area contributed by atoms with Gasteiger partial charge < -0.3 is 9.30 Å². The summed E-state index contributed by atoms with van der Waals surface area (Å²) in [4.78, 5) is 4.73. The first-order chi connectivity index (χ1) is 14.0. The van der Waals surface area contributed by atoms with Gasteiger partial charge in [0.1, 0.15) is 11.4 Å². The molecule has 2 aliphatic rings. The van der Waals surface area contributed by atoms with Gasteiger partial charge in [-0.15, -0.1) is 0 Å². The second kappa shape index (κ2) is 7.05. The summed E-state index contributed by atoms with van der Waals surface area (Å²) in [5.74, 6) is 1.65. The second-order valence-electron chi connectivity index (χ2n) is 9.29. The predicted molar refractivity (Wildman–Crippen MR) is 119 cm³/mol. The number of rotatable bonds is 3. The Morgan fingerprint density at radius 2 is 1.90 bits per heavy atom. The number of benzene rings is 2. The van der Waals surface area contributed by atoms with E-state index in [1.807, 2.05) is 6.33 Å². The summed E-state index contributed by atoms with van der Waals surface area (Å²) >= 11 is 0. The van der Waals surface area contributed by atoms with Gasteiger partial charge in [0.05, 0.1) is 23.4 Å². The predicted octanol–water partition coefficient (Wildman–Crippen LogP) is 6.70. The Labute approximate surface area is 173 Å². The molecule has 29 heavy (non-hydrogen) atoms. The average molecular weight is 387 g/mol. The first-order valence-corrected chi connectivity index (χ1v) is 11.0. The van der Waals surface area contributed by atoms with Gasteiger partial charge in [0.2, 0.25) is 0 Å². The second-order valence-corrected chi connectivity index (χ2v) is 9.29. The van der Waals surface area contributed by atoms with Crippen molar-refractivity contribution in [1.82, 2.24) is 9.55 Å². The van der Waals surface area contributed by atoms with Crippen LogP contribution in [-0.2, 0) is 0 Å². The third-order valence-electron chi connectivity index (χ3n) is 6.52. The summed E-state index contributed by atoms with van der Waals surface area (Å²) < 4.78 is 8.98. The number of aryl methyl sites for hydroxylation is 1. The van der Waals surface area contributed by atoms with Gasteiger partial charge in [-0.1, -0.05) is 43.5 Å². The van der Waals surface area contributed by atoms with Crippen molar-refractivity contribution in [3.63, 3.8) is 0 Å². The maximum Gasteiger partial charge on any atom is 0.133 e. The number of hydrogen-bond acceptors (Lipinski definition) is 2. The van der Waals surface area contributed by atoms with Crippen LogP contribution >= 0.6 is 0 Å². The smallest absolute Gasteiger partial charge is 0.133 e. The van der Waals surface area contributed by atoms with Crippen molar-refractivity contribution >= 4 is 17.1 Å². The molecule has 0 N–H and O–H groups in total. The number of imidazole rings is 1. The van der Waals surface area contributed by atoms with E-state index in [0.29, 0.717) is 5.92 Å². The lowest BCUT2D eigenvalue weighted by atomic mass is 9.79. The molecule has 1 aliphatic carbocycles. The zero-order valence-corrected chi connectivity index (χ0v) is 17.7. The van der Waals surface area contributed by atoms with E-state index >= 15 is 0 Å². The Hall–Kier alpha value is -2.55. The van der Waals surface area contributed by atoms with Crippen molar-refractivity contribution < 1.29 is 4.74 Å². The van der Waals surface area contributed by atoms with Gasteiger partial charge in [-0.25, -0.2) is 4.98 Å². The van der Waals surface area contributed by atoms with Crippen LogP contribution in [0, 0.1) is 12.8 Å². The lowest BCUT2D eigenvalue weighted by molar-refractivity contribution is 0.153. The zero-order chi connectivity index (χ0) is 20.0. The highest BCUT2D eigenvalue weighted by atomic mass is 16.5. The summed E-state index contributed by atoms with van der Waals surface area (Å²) in [7, 11) is 0. The molecular formula is C26H30N2O. The van der Waals surface area contributed by atoms with Crippen molar-refractivity contribution in [3.8, 4) is 5.75 Å². The van der Waals surface area contributed by atoms with Crippen LogP contribution in [-0.4, -0.2) is 15.2 Å². The normalized spacial score (nSPS) is 19.7. The molecule has 0 bridgehead atoms. The first kappa shape index (κ1) is 18.5. The van der Waals surface area contributed by atoms with E-state index in [4.69, 9.17) is 9.72 Å². The maximum absolute atomic E-state index is 6.57. The van der Waals surface area contributed by atoms with Crippen molar-refractivity contribution in [3.05, 3.63) is 65.5 Å². The Morgan fingerprint density at radius 3 is 2.72 bits per heavy atom. The molecular weight excluding hydrogens is 356 g/mol. The summed E-state index contributed by atoms with van der Waals surface area (Å²) in [6, 6.07) is 13.3. The fourth-order valence-corrected chi connectivity index (χ4v) is 5.16. The molecule has 3 nitrogen and oxygen atoms in total. The molecule has 0 saturated heterocycles. The first-order valence-electron chi connectivity index (χ1n) is 11.0. The summed E-state index contributed by atoms with van der Waals surface area (Å²) in [5, 5.41) is 0. The van der Waals surface area contributed by atoms with Crippen LogP contribution in [0.3, 0.4) is 0 Å². The van der Waals surface area contributed by atoms with Crippen LogP contribution in [0.25, 0.3) is 17.1 Å². The van der Waals surface area contributed by atoms with E-state index in [0.717, 1.165) is 11.3 Å². The third-order valence-corrected chi connectivity index (χ3v) is 6.52. The molecule has 3 aromatic rings. The van der Waals surface area contributed by atoms with Gasteiger partial charge in [-0.3, -0.25) is 0 Å². The summed E-state index contributed by atoms with van der Waals surface area (Å²) in [5.41, 5.74) is 5.79. The molecule has 1 aromatic heterocycles. The molecule has 0 spiro atoms. The van der Waals surface area contributed by atoms with Crippen molar-refractivity contribution in [1.29, 1.82) is 0 Å². The van der Waals surface area contributed by atoms with E-state index < -0.39 is 0 Å². The molecule has 1 fully saturated rings. The number of nitrogens with zero attached hydrogens (tertiary/aromatic N) is 2. The quantitative estimate of drug-likeness (QED) is 0.501. The highest BCUT2D eigenvalue weighted by Gasteiger charge is 2.33. The molecule has 3 heteroatoms. The Balaban J connectivity index is 1.72. The van der Waals surface area contributed by atoms with Gasteiger partial charge in [-0.2, -0.15) is 0 Å².